The molecule has 0 aromatic heterocycles. The molecule has 3 aliphatic heterocycles. The van der Waals surface area contributed by atoms with Gasteiger partial charge in [0.15, 0.2) is 0 Å². The minimum atomic E-state index is -0.775. The number of likely N-dealkylation sites (N-methyl/N-ethyl adjacent to an activating group) is 2. The molecular weight excluding hydrogens is 409 g/mol. The van der Waals surface area contributed by atoms with Crippen LogP contribution in [0.4, 0.5) is 9.18 Å². The quantitative estimate of drug-likeness (QED) is 0.684. The highest BCUT2D eigenvalue weighted by atomic mass is 35.5. The molecular formula is C21H26ClFN5O2+. The van der Waals surface area contributed by atoms with E-state index >= 15 is 0 Å². The number of urea groups is 1. The molecule has 30 heavy (non-hydrogen) atoms. The normalized spacial score (nSPS) is 25.2. The second-order valence-electron chi connectivity index (χ2n) is 8.17. The summed E-state index contributed by atoms with van der Waals surface area (Å²) in [7, 11) is 3.06. The third-order valence-corrected chi connectivity index (χ3v) is 6.64. The number of amidine groups is 2. The summed E-state index contributed by atoms with van der Waals surface area (Å²) in [6.45, 7) is 3.76. The van der Waals surface area contributed by atoms with Crippen LogP contribution in [0, 0.1) is 5.82 Å². The van der Waals surface area contributed by atoms with Gasteiger partial charge in [0.25, 0.3) is 17.8 Å². The number of fused-ring (bicyclic) bond motifs is 1. The van der Waals surface area contributed by atoms with Gasteiger partial charge in [-0.2, -0.15) is 0 Å². The second kappa shape index (κ2) is 8.07. The highest BCUT2D eigenvalue weighted by Crippen LogP contribution is 2.26. The third-order valence-electron chi connectivity index (χ3n) is 6.29. The standard InChI is InChI=1S/C21H26ClFN5O2/c1-13-7-4-5-10-27(13)12-17-24-19-18(20(29)26(3)21(30)25(19)2)28(17)11-14-15(22)8-6-9-16(14)23/h6,8-9,13,18H,4-5,7,10-12H2,1-3H3/q+1. The summed E-state index contributed by atoms with van der Waals surface area (Å²) in [5.41, 5.74) is 0.315. The van der Waals surface area contributed by atoms with E-state index in [4.69, 9.17) is 16.6 Å². The number of imide groups is 1. The number of carbonyl (C=O) groups excluding carboxylic acids is 2. The van der Waals surface area contributed by atoms with Crippen LogP contribution in [0.3, 0.4) is 0 Å². The number of carbonyl (C=O) groups is 2. The van der Waals surface area contributed by atoms with Crippen LogP contribution in [-0.4, -0.2) is 82.2 Å². The number of halogens is 2. The summed E-state index contributed by atoms with van der Waals surface area (Å²) in [4.78, 5) is 35.0. The maximum atomic E-state index is 14.6. The summed E-state index contributed by atoms with van der Waals surface area (Å²) in [5.74, 6) is 0.246. The van der Waals surface area contributed by atoms with E-state index in [0.717, 1.165) is 24.3 Å². The molecule has 2 unspecified atom stereocenters. The fraction of sp³-hybridized carbons (Fsp3) is 0.524. The summed E-state index contributed by atoms with van der Waals surface area (Å²) in [6.07, 6.45) is 3.41. The number of aliphatic imine (C=N–C) groups is 1. The maximum Gasteiger partial charge on any atom is 0.333 e. The lowest BCUT2D eigenvalue weighted by molar-refractivity contribution is -0.552. The van der Waals surface area contributed by atoms with Crippen LogP contribution in [-0.2, 0) is 11.3 Å². The highest BCUT2D eigenvalue weighted by Gasteiger charge is 2.53. The molecule has 2 atom stereocenters. The van der Waals surface area contributed by atoms with Gasteiger partial charge in [-0.05, 0) is 43.4 Å². The number of benzene rings is 1. The second-order valence-corrected chi connectivity index (χ2v) is 8.58. The topological polar surface area (TPSA) is 59.2 Å². The molecule has 3 aliphatic rings. The zero-order valence-corrected chi connectivity index (χ0v) is 18.2. The highest BCUT2D eigenvalue weighted by molar-refractivity contribution is 6.31. The van der Waals surface area contributed by atoms with E-state index < -0.39 is 17.9 Å². The van der Waals surface area contributed by atoms with Gasteiger partial charge in [0.2, 0.25) is 0 Å². The van der Waals surface area contributed by atoms with E-state index in [1.165, 1.54) is 24.4 Å². The Morgan fingerprint density at radius 1 is 1.23 bits per heavy atom. The van der Waals surface area contributed by atoms with Crippen molar-refractivity contribution in [2.75, 3.05) is 27.2 Å². The summed E-state index contributed by atoms with van der Waals surface area (Å²) in [6, 6.07) is 3.74. The van der Waals surface area contributed by atoms with Crippen molar-refractivity contribution in [1.82, 2.24) is 14.7 Å². The van der Waals surface area contributed by atoms with Crippen molar-refractivity contribution in [3.05, 3.63) is 34.6 Å². The lowest BCUT2D eigenvalue weighted by Crippen LogP contribution is -2.61. The van der Waals surface area contributed by atoms with E-state index in [-0.39, 0.29) is 12.5 Å². The van der Waals surface area contributed by atoms with Crippen LogP contribution in [0.1, 0.15) is 31.7 Å². The van der Waals surface area contributed by atoms with Crippen molar-refractivity contribution in [2.45, 2.75) is 44.8 Å². The van der Waals surface area contributed by atoms with Crippen molar-refractivity contribution in [3.8, 4) is 0 Å². The first-order valence-corrected chi connectivity index (χ1v) is 10.6. The lowest BCUT2D eigenvalue weighted by atomic mass is 10.0. The Bertz CT molecular complexity index is 942. The minimum Gasteiger partial charge on any atom is -0.289 e. The van der Waals surface area contributed by atoms with Crippen LogP contribution in [0.15, 0.2) is 23.2 Å². The Hall–Kier alpha value is -2.32. The molecule has 2 saturated heterocycles. The van der Waals surface area contributed by atoms with E-state index in [0.29, 0.717) is 34.8 Å². The zero-order valence-electron chi connectivity index (χ0n) is 17.4. The number of nitrogens with zero attached hydrogens (tertiary/aromatic N) is 5. The number of amides is 3. The molecule has 1 aromatic carbocycles. The lowest BCUT2D eigenvalue weighted by Gasteiger charge is -2.32. The van der Waals surface area contributed by atoms with Crippen LogP contribution in [0.25, 0.3) is 0 Å². The van der Waals surface area contributed by atoms with E-state index in [1.807, 2.05) is 0 Å². The van der Waals surface area contributed by atoms with Crippen molar-refractivity contribution >= 4 is 35.2 Å². The summed E-state index contributed by atoms with van der Waals surface area (Å²) < 4.78 is 16.4. The predicted octanol–water partition coefficient (Wildman–Crippen LogP) is 2.57. The van der Waals surface area contributed by atoms with Crippen molar-refractivity contribution < 1.29 is 18.6 Å². The first-order chi connectivity index (χ1) is 14.3. The first kappa shape index (κ1) is 20.9. The van der Waals surface area contributed by atoms with Gasteiger partial charge in [0.05, 0.1) is 5.02 Å². The van der Waals surface area contributed by atoms with Crippen LogP contribution >= 0.6 is 11.6 Å². The van der Waals surface area contributed by atoms with Gasteiger partial charge in [-0.25, -0.2) is 13.8 Å². The molecule has 3 amide bonds. The summed E-state index contributed by atoms with van der Waals surface area (Å²) >= 11 is 6.28. The minimum absolute atomic E-state index is 0.0995. The molecule has 0 spiro atoms. The molecule has 9 heteroatoms. The Kier molecular flexibility index (Phi) is 5.63. The van der Waals surface area contributed by atoms with Crippen LogP contribution < -0.4 is 0 Å². The van der Waals surface area contributed by atoms with E-state index in [2.05, 4.69) is 11.8 Å². The van der Waals surface area contributed by atoms with Crippen LogP contribution in [0.5, 0.6) is 0 Å². The number of hydrogen-bond acceptors (Lipinski definition) is 4. The van der Waals surface area contributed by atoms with Crippen molar-refractivity contribution in [3.63, 3.8) is 0 Å². The molecule has 1 aromatic rings. The largest absolute Gasteiger partial charge is 0.333 e. The third kappa shape index (κ3) is 3.52. The van der Waals surface area contributed by atoms with Crippen molar-refractivity contribution in [2.24, 2.45) is 4.99 Å². The average Bonchev–Trinajstić information content (AvgIpc) is 3.07. The average molecular weight is 435 g/mol. The molecule has 2 fully saturated rings. The fourth-order valence-electron chi connectivity index (χ4n) is 4.39. The molecule has 7 nitrogen and oxygen atoms in total. The molecule has 0 radical (unpaired) electrons. The van der Waals surface area contributed by atoms with Crippen molar-refractivity contribution in [1.29, 1.82) is 0 Å². The Morgan fingerprint density at radius 2 is 2.00 bits per heavy atom. The molecule has 0 N–H and O–H groups in total. The number of likely N-dealkylation sites (tertiary alicyclic amines) is 1. The molecule has 0 saturated carbocycles. The molecule has 0 bridgehead atoms. The Balaban J connectivity index is 1.76. The van der Waals surface area contributed by atoms with Gasteiger partial charge >= 0.3 is 11.9 Å². The zero-order chi connectivity index (χ0) is 21.6. The monoisotopic (exact) mass is 434 g/mol. The van der Waals surface area contributed by atoms with E-state index in [9.17, 15) is 14.0 Å². The van der Waals surface area contributed by atoms with Gasteiger partial charge in [0, 0.05) is 25.7 Å². The molecule has 0 aliphatic carbocycles. The molecule has 3 heterocycles. The van der Waals surface area contributed by atoms with Gasteiger partial charge in [0.1, 0.15) is 18.9 Å². The van der Waals surface area contributed by atoms with Gasteiger partial charge in [-0.3, -0.25) is 19.5 Å². The summed E-state index contributed by atoms with van der Waals surface area (Å²) in [5, 5.41) is 0.301. The number of piperidine rings is 1. The van der Waals surface area contributed by atoms with Gasteiger partial charge in [-0.1, -0.05) is 24.1 Å². The Labute approximate surface area is 180 Å². The Morgan fingerprint density at radius 3 is 2.70 bits per heavy atom. The maximum absolute atomic E-state index is 14.6. The van der Waals surface area contributed by atoms with Crippen LogP contribution in [0.2, 0.25) is 5.02 Å². The number of rotatable bonds is 4. The SMILES string of the molecule is CC1CCCCN1CC1=[N+](Cc2c(F)cccc2Cl)C2C(=O)N(C)C(=O)N(C)C2=N1. The smallest absolute Gasteiger partial charge is 0.289 e. The van der Waals surface area contributed by atoms with E-state index in [1.54, 1.807) is 23.8 Å². The predicted molar refractivity (Wildman–Crippen MR) is 112 cm³/mol. The molecule has 4 rings (SSSR count). The molecule has 160 valence electrons. The van der Waals surface area contributed by atoms with Gasteiger partial charge < -0.3 is 0 Å². The number of hydrogen-bond donors (Lipinski definition) is 0. The first-order valence-electron chi connectivity index (χ1n) is 10.2. The van der Waals surface area contributed by atoms with Gasteiger partial charge in [-0.15, -0.1) is 0 Å². The fourth-order valence-corrected chi connectivity index (χ4v) is 4.61.